The van der Waals surface area contributed by atoms with E-state index in [4.69, 9.17) is 4.74 Å². The van der Waals surface area contributed by atoms with Crippen LogP contribution in [0.5, 0.6) is 5.75 Å². The van der Waals surface area contributed by atoms with E-state index < -0.39 is 10.0 Å². The summed E-state index contributed by atoms with van der Waals surface area (Å²) in [5.41, 5.74) is 2.13. The van der Waals surface area contributed by atoms with Gasteiger partial charge in [0.15, 0.2) is 5.96 Å². The number of ether oxygens (including phenoxy) is 1. The molecule has 166 valence electrons. The maximum atomic E-state index is 12.1. The first kappa shape index (κ1) is 26.2. The predicted molar refractivity (Wildman–Crippen MR) is 132 cm³/mol. The second kappa shape index (κ2) is 12.8. The topological polar surface area (TPSA) is 83.0 Å². The zero-order valence-corrected chi connectivity index (χ0v) is 21.0. The Hall–Kier alpha value is -1.85. The Labute approximate surface area is 197 Å². The van der Waals surface area contributed by atoms with Crippen LogP contribution < -0.4 is 15.4 Å². The lowest BCUT2D eigenvalue weighted by atomic mass is 10.2. The van der Waals surface area contributed by atoms with Gasteiger partial charge in [0.2, 0.25) is 10.0 Å². The van der Waals surface area contributed by atoms with E-state index in [1.165, 1.54) is 24.0 Å². The van der Waals surface area contributed by atoms with Crippen molar-refractivity contribution in [2.24, 2.45) is 4.99 Å². The summed E-state index contributed by atoms with van der Waals surface area (Å²) >= 11 is 0. The van der Waals surface area contributed by atoms with E-state index in [2.05, 4.69) is 15.6 Å². The van der Waals surface area contributed by atoms with E-state index >= 15 is 0 Å². The molecule has 0 atom stereocenters. The minimum Gasteiger partial charge on any atom is -0.492 e. The van der Waals surface area contributed by atoms with Crippen LogP contribution in [0.15, 0.2) is 58.4 Å². The van der Waals surface area contributed by atoms with Crippen LogP contribution in [0, 0.1) is 6.92 Å². The van der Waals surface area contributed by atoms with E-state index in [0.29, 0.717) is 25.7 Å². The highest BCUT2D eigenvalue weighted by atomic mass is 127. The van der Waals surface area contributed by atoms with Gasteiger partial charge in [-0.1, -0.05) is 29.8 Å². The number of nitrogens with zero attached hydrogens (tertiary/aromatic N) is 2. The highest BCUT2D eigenvalue weighted by molar-refractivity contribution is 14.0. The van der Waals surface area contributed by atoms with Crippen LogP contribution in [0.4, 0.5) is 0 Å². The monoisotopic (exact) mass is 546 g/mol. The van der Waals surface area contributed by atoms with E-state index in [0.717, 1.165) is 17.9 Å². The summed E-state index contributed by atoms with van der Waals surface area (Å²) < 4.78 is 31.2. The first-order valence-electron chi connectivity index (χ1n) is 9.56. The maximum absolute atomic E-state index is 12.1. The van der Waals surface area contributed by atoms with Crippen molar-refractivity contribution in [2.45, 2.75) is 25.3 Å². The molecule has 9 heteroatoms. The minimum atomic E-state index is -3.41. The Morgan fingerprint density at radius 3 is 2.23 bits per heavy atom. The van der Waals surface area contributed by atoms with Crippen LogP contribution in [-0.2, 0) is 16.6 Å². The van der Waals surface area contributed by atoms with Crippen molar-refractivity contribution in [3.05, 3.63) is 59.7 Å². The van der Waals surface area contributed by atoms with E-state index in [9.17, 15) is 8.42 Å². The summed E-state index contributed by atoms with van der Waals surface area (Å²) in [7, 11) is -0.378. The van der Waals surface area contributed by atoms with Crippen molar-refractivity contribution in [3.8, 4) is 5.75 Å². The average molecular weight is 546 g/mol. The molecule has 0 saturated carbocycles. The highest BCUT2D eigenvalue weighted by Crippen LogP contribution is 2.14. The SMILES string of the molecule is CCNC(=NCc1ccc(S(=O)(=O)N(C)C)cc1)NCCOc1ccc(C)cc1.I. The van der Waals surface area contributed by atoms with Crippen LogP contribution in [0.1, 0.15) is 18.1 Å². The number of hydrogen-bond donors (Lipinski definition) is 2. The molecule has 2 rings (SSSR count). The molecule has 0 unspecified atom stereocenters. The first-order chi connectivity index (χ1) is 13.8. The third-order valence-electron chi connectivity index (χ3n) is 4.15. The van der Waals surface area contributed by atoms with Gasteiger partial charge in [0.25, 0.3) is 0 Å². The number of halogens is 1. The zero-order valence-electron chi connectivity index (χ0n) is 17.9. The van der Waals surface area contributed by atoms with Gasteiger partial charge in [-0.3, -0.25) is 0 Å². The van der Waals surface area contributed by atoms with E-state index in [1.54, 1.807) is 24.3 Å². The molecule has 30 heavy (non-hydrogen) atoms. The number of aliphatic imine (C=N–C) groups is 1. The largest absolute Gasteiger partial charge is 0.492 e. The third-order valence-corrected chi connectivity index (χ3v) is 5.98. The Bertz CT molecular complexity index is 899. The molecule has 7 nitrogen and oxygen atoms in total. The Kier molecular flexibility index (Phi) is 11.1. The first-order valence-corrected chi connectivity index (χ1v) is 11.0. The van der Waals surface area contributed by atoms with Crippen molar-refractivity contribution in [2.75, 3.05) is 33.8 Å². The summed E-state index contributed by atoms with van der Waals surface area (Å²) in [5.74, 6) is 1.53. The number of aryl methyl sites for hydroxylation is 1. The van der Waals surface area contributed by atoms with Gasteiger partial charge in [-0.2, -0.15) is 0 Å². The van der Waals surface area contributed by atoms with Crippen LogP contribution in [0.2, 0.25) is 0 Å². The number of guanidine groups is 1. The predicted octanol–water partition coefficient (Wildman–Crippen LogP) is 3.00. The number of benzene rings is 2. The molecule has 0 aromatic heterocycles. The fourth-order valence-corrected chi connectivity index (χ4v) is 3.36. The van der Waals surface area contributed by atoms with Crippen LogP contribution in [-0.4, -0.2) is 52.5 Å². The lowest BCUT2D eigenvalue weighted by Crippen LogP contribution is -2.39. The molecular weight excluding hydrogens is 515 g/mol. The molecule has 0 aliphatic heterocycles. The molecule has 2 aromatic rings. The average Bonchev–Trinajstić information content (AvgIpc) is 2.70. The van der Waals surface area contributed by atoms with Gasteiger partial charge in [-0.25, -0.2) is 17.7 Å². The van der Waals surface area contributed by atoms with Gasteiger partial charge in [0.1, 0.15) is 12.4 Å². The Balaban J connectivity index is 0.00000450. The van der Waals surface area contributed by atoms with Crippen molar-refractivity contribution in [3.63, 3.8) is 0 Å². The van der Waals surface area contributed by atoms with Crippen LogP contribution in [0.3, 0.4) is 0 Å². The van der Waals surface area contributed by atoms with Crippen LogP contribution >= 0.6 is 24.0 Å². The molecule has 2 N–H and O–H groups in total. The van der Waals surface area contributed by atoms with Gasteiger partial charge in [0.05, 0.1) is 18.0 Å². The van der Waals surface area contributed by atoms with E-state index in [1.807, 2.05) is 38.1 Å². The molecule has 0 fully saturated rings. The Morgan fingerprint density at radius 2 is 1.67 bits per heavy atom. The fraction of sp³-hybridized carbons (Fsp3) is 0.381. The molecule has 0 amide bonds. The summed E-state index contributed by atoms with van der Waals surface area (Å²) in [6.07, 6.45) is 0. The van der Waals surface area contributed by atoms with Crippen LogP contribution in [0.25, 0.3) is 0 Å². The summed E-state index contributed by atoms with van der Waals surface area (Å²) in [4.78, 5) is 4.82. The van der Waals surface area contributed by atoms with Gasteiger partial charge in [0, 0.05) is 20.6 Å². The van der Waals surface area contributed by atoms with Gasteiger partial charge < -0.3 is 15.4 Å². The standard InChI is InChI=1S/C21H30N4O3S.HI/c1-5-22-21(23-14-15-28-19-10-6-17(2)7-11-19)24-16-18-8-12-20(13-9-18)29(26,27)25(3)4;/h6-13H,5,14-16H2,1-4H3,(H2,22,23,24);1H. The number of nitrogens with one attached hydrogen (secondary N) is 2. The van der Waals surface area contributed by atoms with Gasteiger partial charge >= 0.3 is 0 Å². The highest BCUT2D eigenvalue weighted by Gasteiger charge is 2.16. The number of rotatable bonds is 9. The summed E-state index contributed by atoms with van der Waals surface area (Å²) in [6, 6.07) is 14.7. The molecule has 2 aromatic carbocycles. The quantitative estimate of drug-likeness (QED) is 0.219. The number of hydrogen-bond acceptors (Lipinski definition) is 4. The summed E-state index contributed by atoms with van der Waals surface area (Å²) in [6.45, 7) is 6.35. The van der Waals surface area contributed by atoms with Crippen molar-refractivity contribution in [1.29, 1.82) is 0 Å². The Morgan fingerprint density at radius 1 is 1.03 bits per heavy atom. The fourth-order valence-electron chi connectivity index (χ4n) is 2.46. The lowest BCUT2D eigenvalue weighted by Gasteiger charge is -2.13. The molecule has 0 heterocycles. The zero-order chi connectivity index (χ0) is 21.3. The van der Waals surface area contributed by atoms with Crippen molar-refractivity contribution >= 4 is 40.0 Å². The molecule has 0 saturated heterocycles. The second-order valence-electron chi connectivity index (χ2n) is 6.71. The molecule has 0 aliphatic carbocycles. The summed E-state index contributed by atoms with van der Waals surface area (Å²) in [5, 5.41) is 6.42. The smallest absolute Gasteiger partial charge is 0.242 e. The minimum absolute atomic E-state index is 0. The van der Waals surface area contributed by atoms with Crippen molar-refractivity contribution < 1.29 is 13.2 Å². The molecule has 0 spiro atoms. The second-order valence-corrected chi connectivity index (χ2v) is 8.87. The molecule has 0 bridgehead atoms. The van der Waals surface area contributed by atoms with E-state index in [-0.39, 0.29) is 28.9 Å². The normalized spacial score (nSPS) is 11.7. The third kappa shape index (κ3) is 8.11. The van der Waals surface area contributed by atoms with Gasteiger partial charge in [-0.15, -0.1) is 24.0 Å². The molecule has 0 aliphatic rings. The number of sulfonamides is 1. The van der Waals surface area contributed by atoms with Crippen molar-refractivity contribution in [1.82, 2.24) is 14.9 Å². The maximum Gasteiger partial charge on any atom is 0.242 e. The molecule has 0 radical (unpaired) electrons. The molecular formula is C21H31IN4O3S. The lowest BCUT2D eigenvalue weighted by molar-refractivity contribution is 0.322. The van der Waals surface area contributed by atoms with Gasteiger partial charge in [-0.05, 0) is 43.7 Å².